The van der Waals surface area contributed by atoms with Crippen LogP contribution in [-0.4, -0.2) is 20.6 Å². The minimum atomic E-state index is -0.966. The SMILES string of the molecule is CCCC(C)(C(=O)O)n1ccnc1C(C)c1cccc(C)c1C. The molecular formula is C19H26N2O2. The lowest BCUT2D eigenvalue weighted by Gasteiger charge is -2.30. The summed E-state index contributed by atoms with van der Waals surface area (Å²) < 4.78 is 1.84. The van der Waals surface area contributed by atoms with E-state index in [4.69, 9.17) is 0 Å². The third-order valence-electron chi connectivity index (χ3n) is 4.90. The molecule has 4 nitrogen and oxygen atoms in total. The average molecular weight is 314 g/mol. The molecule has 0 saturated heterocycles. The second-order valence-corrected chi connectivity index (χ2v) is 6.50. The number of aliphatic carboxylic acids is 1. The summed E-state index contributed by atoms with van der Waals surface area (Å²) in [6.07, 6.45) is 4.87. The largest absolute Gasteiger partial charge is 0.479 e. The molecule has 0 spiro atoms. The highest BCUT2D eigenvalue weighted by atomic mass is 16.4. The van der Waals surface area contributed by atoms with Crippen LogP contribution in [0.5, 0.6) is 0 Å². The highest BCUT2D eigenvalue weighted by Crippen LogP contribution is 2.32. The molecule has 0 saturated carbocycles. The molecule has 0 bridgehead atoms. The zero-order valence-electron chi connectivity index (χ0n) is 14.6. The van der Waals surface area contributed by atoms with E-state index in [1.807, 2.05) is 17.6 Å². The predicted octanol–water partition coefficient (Wildman–Crippen LogP) is 4.25. The molecule has 2 rings (SSSR count). The molecule has 0 aliphatic rings. The molecule has 1 heterocycles. The van der Waals surface area contributed by atoms with Gasteiger partial charge >= 0.3 is 5.97 Å². The Bertz CT molecular complexity index is 705. The van der Waals surface area contributed by atoms with Crippen LogP contribution >= 0.6 is 0 Å². The Morgan fingerprint density at radius 1 is 1.39 bits per heavy atom. The lowest BCUT2D eigenvalue weighted by molar-refractivity contribution is -0.147. The van der Waals surface area contributed by atoms with Crippen LogP contribution in [0, 0.1) is 13.8 Å². The van der Waals surface area contributed by atoms with Gasteiger partial charge in [0, 0.05) is 18.3 Å². The van der Waals surface area contributed by atoms with Gasteiger partial charge in [-0.15, -0.1) is 0 Å². The smallest absolute Gasteiger partial charge is 0.329 e. The number of carboxylic acids is 1. The first-order valence-electron chi connectivity index (χ1n) is 8.16. The van der Waals surface area contributed by atoms with Gasteiger partial charge in [-0.3, -0.25) is 0 Å². The number of benzene rings is 1. The van der Waals surface area contributed by atoms with E-state index in [9.17, 15) is 9.90 Å². The van der Waals surface area contributed by atoms with E-state index in [1.54, 1.807) is 19.3 Å². The standard InChI is InChI=1S/C19H26N2O2/c1-6-10-19(5,18(22)23)21-12-11-20-17(21)15(4)16-9-7-8-13(2)14(16)3/h7-9,11-12,15H,6,10H2,1-5H3,(H,22,23). The number of hydrogen-bond acceptors (Lipinski definition) is 2. The lowest BCUT2D eigenvalue weighted by Crippen LogP contribution is -2.40. The van der Waals surface area contributed by atoms with Gasteiger partial charge in [-0.2, -0.15) is 0 Å². The highest BCUT2D eigenvalue weighted by molar-refractivity contribution is 5.76. The number of nitrogens with zero attached hydrogens (tertiary/aromatic N) is 2. The maximum absolute atomic E-state index is 11.9. The normalized spacial score (nSPS) is 15.2. The van der Waals surface area contributed by atoms with Crippen molar-refractivity contribution >= 4 is 5.97 Å². The van der Waals surface area contributed by atoms with Gasteiger partial charge in [0.25, 0.3) is 0 Å². The number of imidazole rings is 1. The summed E-state index contributed by atoms with van der Waals surface area (Å²) in [6, 6.07) is 6.24. The van der Waals surface area contributed by atoms with Gasteiger partial charge in [0.2, 0.25) is 0 Å². The molecule has 0 amide bonds. The van der Waals surface area contributed by atoms with Crippen molar-refractivity contribution in [3.63, 3.8) is 0 Å². The van der Waals surface area contributed by atoms with E-state index < -0.39 is 11.5 Å². The van der Waals surface area contributed by atoms with Crippen molar-refractivity contribution in [2.45, 2.75) is 58.9 Å². The van der Waals surface area contributed by atoms with Crippen molar-refractivity contribution in [3.8, 4) is 0 Å². The Labute approximate surface area is 138 Å². The van der Waals surface area contributed by atoms with Crippen LogP contribution in [0.4, 0.5) is 0 Å². The first kappa shape index (κ1) is 17.3. The second kappa shape index (κ2) is 6.57. The average Bonchev–Trinajstić information content (AvgIpc) is 2.99. The summed E-state index contributed by atoms with van der Waals surface area (Å²) in [6.45, 7) is 10.1. The van der Waals surface area contributed by atoms with Gasteiger partial charge in [-0.1, -0.05) is 38.5 Å². The Kier molecular flexibility index (Phi) is 4.93. The van der Waals surface area contributed by atoms with E-state index in [2.05, 4.69) is 37.9 Å². The monoisotopic (exact) mass is 314 g/mol. The van der Waals surface area contributed by atoms with Crippen LogP contribution in [-0.2, 0) is 10.3 Å². The van der Waals surface area contributed by atoms with E-state index in [-0.39, 0.29) is 5.92 Å². The maximum Gasteiger partial charge on any atom is 0.329 e. The fraction of sp³-hybridized carbons (Fsp3) is 0.474. The third-order valence-corrected chi connectivity index (χ3v) is 4.90. The highest BCUT2D eigenvalue weighted by Gasteiger charge is 2.36. The number of carboxylic acid groups (broad SMARTS) is 1. The molecule has 4 heteroatoms. The van der Waals surface area contributed by atoms with Crippen LogP contribution in [0.15, 0.2) is 30.6 Å². The first-order valence-corrected chi connectivity index (χ1v) is 8.16. The number of rotatable bonds is 6. The molecule has 0 radical (unpaired) electrons. The van der Waals surface area contributed by atoms with E-state index in [1.165, 1.54) is 16.7 Å². The van der Waals surface area contributed by atoms with Crippen LogP contribution in [0.25, 0.3) is 0 Å². The predicted molar refractivity (Wildman–Crippen MR) is 91.9 cm³/mol. The van der Waals surface area contributed by atoms with Crippen LogP contribution in [0.2, 0.25) is 0 Å². The third kappa shape index (κ3) is 3.03. The summed E-state index contributed by atoms with van der Waals surface area (Å²) >= 11 is 0. The molecule has 1 aromatic carbocycles. The number of aryl methyl sites for hydroxylation is 1. The van der Waals surface area contributed by atoms with E-state index in [0.29, 0.717) is 6.42 Å². The molecule has 0 aliphatic carbocycles. The van der Waals surface area contributed by atoms with Crippen molar-refractivity contribution in [1.29, 1.82) is 0 Å². The van der Waals surface area contributed by atoms with Crippen LogP contribution < -0.4 is 0 Å². The number of aromatic nitrogens is 2. The Morgan fingerprint density at radius 2 is 2.09 bits per heavy atom. The maximum atomic E-state index is 11.9. The summed E-state index contributed by atoms with van der Waals surface area (Å²) in [7, 11) is 0. The first-order chi connectivity index (χ1) is 10.8. The van der Waals surface area contributed by atoms with Gasteiger partial charge in [0.1, 0.15) is 11.4 Å². The molecule has 1 aromatic heterocycles. The van der Waals surface area contributed by atoms with E-state index >= 15 is 0 Å². The topological polar surface area (TPSA) is 55.1 Å². The molecule has 0 aliphatic heterocycles. The quantitative estimate of drug-likeness (QED) is 0.867. The van der Waals surface area contributed by atoms with Gasteiger partial charge in [0.05, 0.1) is 0 Å². The Balaban J connectivity index is 2.52. The minimum Gasteiger partial charge on any atom is -0.479 e. The van der Waals surface area contributed by atoms with Crippen molar-refractivity contribution in [2.75, 3.05) is 0 Å². The van der Waals surface area contributed by atoms with Gasteiger partial charge in [-0.25, -0.2) is 9.78 Å². The fourth-order valence-corrected chi connectivity index (χ4v) is 3.25. The summed E-state index contributed by atoms with van der Waals surface area (Å²) in [5, 5.41) is 9.76. The zero-order chi connectivity index (χ0) is 17.2. The lowest BCUT2D eigenvalue weighted by atomic mass is 9.91. The molecule has 0 fully saturated rings. The van der Waals surface area contributed by atoms with Gasteiger partial charge in [-0.05, 0) is 43.9 Å². The molecular weight excluding hydrogens is 288 g/mol. The summed E-state index contributed by atoms with van der Waals surface area (Å²) in [5.41, 5.74) is 2.71. The van der Waals surface area contributed by atoms with Gasteiger partial charge in [0.15, 0.2) is 0 Å². The number of carbonyl (C=O) groups is 1. The molecule has 2 atom stereocenters. The molecule has 124 valence electrons. The molecule has 2 unspecified atom stereocenters. The van der Waals surface area contributed by atoms with Gasteiger partial charge < -0.3 is 9.67 Å². The zero-order valence-corrected chi connectivity index (χ0v) is 14.6. The Morgan fingerprint density at radius 3 is 2.70 bits per heavy atom. The van der Waals surface area contributed by atoms with E-state index in [0.717, 1.165) is 12.2 Å². The van der Waals surface area contributed by atoms with Crippen molar-refractivity contribution in [1.82, 2.24) is 9.55 Å². The molecule has 1 N–H and O–H groups in total. The van der Waals surface area contributed by atoms with Crippen LogP contribution in [0.1, 0.15) is 62.0 Å². The van der Waals surface area contributed by atoms with Crippen molar-refractivity contribution < 1.29 is 9.90 Å². The number of hydrogen-bond donors (Lipinski definition) is 1. The van der Waals surface area contributed by atoms with Crippen molar-refractivity contribution in [3.05, 3.63) is 53.1 Å². The summed E-state index contributed by atoms with van der Waals surface area (Å²) in [4.78, 5) is 16.4. The second-order valence-electron chi connectivity index (χ2n) is 6.50. The van der Waals surface area contributed by atoms with Crippen molar-refractivity contribution in [2.24, 2.45) is 0 Å². The Hall–Kier alpha value is -2.10. The summed E-state index contributed by atoms with van der Waals surface area (Å²) in [5.74, 6) is 0.0317. The molecule has 2 aromatic rings. The fourth-order valence-electron chi connectivity index (χ4n) is 3.25. The molecule has 23 heavy (non-hydrogen) atoms. The van der Waals surface area contributed by atoms with Crippen LogP contribution in [0.3, 0.4) is 0 Å². The minimum absolute atomic E-state index is 0.0421.